The zero-order chi connectivity index (χ0) is 28.3. The number of anilines is 2. The second-order valence-corrected chi connectivity index (χ2v) is 10.5. The third-order valence-corrected chi connectivity index (χ3v) is 7.57. The summed E-state index contributed by atoms with van der Waals surface area (Å²) in [7, 11) is 0. The predicted octanol–water partition coefficient (Wildman–Crippen LogP) is 5.75. The van der Waals surface area contributed by atoms with Gasteiger partial charge < -0.3 is 15.5 Å². The first-order valence-corrected chi connectivity index (χ1v) is 13.2. The number of carbonyl (C=O) groups is 2. The highest BCUT2D eigenvalue weighted by molar-refractivity contribution is 6.31. The molecule has 1 heterocycles. The van der Waals surface area contributed by atoms with Crippen molar-refractivity contribution in [1.82, 2.24) is 10.2 Å². The molecule has 1 atom stereocenters. The molecule has 6 nitrogen and oxygen atoms in total. The standard InChI is InChI=1S/C27H30ClF5N4O2/c1-16-15-37(12-11-36(16)10-9-27(31,32)33)22-13-19(28)6-8-21(22)35-26(39)20-7-5-18(23(29)24(20)30)14-34-25(38)17-3-2-4-17/h5-8,13,16-17H,2-4,9-12,14-15H2,1H3,(H,34,38)(H,35,39)/t16-/m1/s1. The smallest absolute Gasteiger partial charge is 0.367 e. The van der Waals surface area contributed by atoms with E-state index in [2.05, 4.69) is 10.6 Å². The Morgan fingerprint density at radius 1 is 1.08 bits per heavy atom. The molecule has 2 N–H and O–H groups in total. The molecule has 212 valence electrons. The molecule has 4 rings (SSSR count). The lowest BCUT2D eigenvalue weighted by Crippen LogP contribution is -2.52. The Hall–Kier alpha value is -2.92. The molecule has 1 saturated carbocycles. The molecule has 1 aliphatic heterocycles. The number of alkyl halides is 3. The highest BCUT2D eigenvalue weighted by atomic mass is 35.5. The minimum absolute atomic E-state index is 0.0683. The number of halogens is 6. The highest BCUT2D eigenvalue weighted by Gasteiger charge is 2.32. The van der Waals surface area contributed by atoms with E-state index in [0.717, 1.165) is 25.3 Å². The fourth-order valence-electron chi connectivity index (χ4n) is 4.78. The molecule has 2 amide bonds. The van der Waals surface area contributed by atoms with Crippen molar-refractivity contribution in [2.24, 2.45) is 5.92 Å². The number of nitrogens with zero attached hydrogens (tertiary/aromatic N) is 2. The van der Waals surface area contributed by atoms with E-state index >= 15 is 0 Å². The Kier molecular flexibility index (Phi) is 9.00. The van der Waals surface area contributed by atoms with Gasteiger partial charge in [-0.2, -0.15) is 13.2 Å². The van der Waals surface area contributed by atoms with Crippen LogP contribution in [-0.2, 0) is 11.3 Å². The van der Waals surface area contributed by atoms with E-state index < -0.39 is 35.7 Å². The van der Waals surface area contributed by atoms with E-state index in [-0.39, 0.29) is 36.5 Å². The summed E-state index contributed by atoms with van der Waals surface area (Å²) < 4.78 is 67.6. The molecule has 2 aliphatic rings. The molecule has 0 unspecified atom stereocenters. The van der Waals surface area contributed by atoms with Crippen molar-refractivity contribution in [2.75, 3.05) is 36.4 Å². The summed E-state index contributed by atoms with van der Waals surface area (Å²) in [5, 5.41) is 5.59. The van der Waals surface area contributed by atoms with Crippen LogP contribution >= 0.6 is 11.6 Å². The Morgan fingerprint density at radius 2 is 1.82 bits per heavy atom. The summed E-state index contributed by atoms with van der Waals surface area (Å²) in [5.74, 6) is -3.71. The fourth-order valence-corrected chi connectivity index (χ4v) is 4.94. The molecule has 0 aromatic heterocycles. The van der Waals surface area contributed by atoms with Crippen LogP contribution in [0.15, 0.2) is 30.3 Å². The summed E-state index contributed by atoms with van der Waals surface area (Å²) in [6.45, 7) is 2.66. The number of rotatable bonds is 8. The number of benzene rings is 2. The van der Waals surface area contributed by atoms with Gasteiger partial charge in [0.25, 0.3) is 5.91 Å². The largest absolute Gasteiger partial charge is 0.390 e. The summed E-state index contributed by atoms with van der Waals surface area (Å²) in [4.78, 5) is 28.6. The van der Waals surface area contributed by atoms with Crippen molar-refractivity contribution in [3.8, 4) is 0 Å². The number of hydrogen-bond donors (Lipinski definition) is 2. The molecular weight excluding hydrogens is 543 g/mol. The van der Waals surface area contributed by atoms with Gasteiger partial charge in [-0.15, -0.1) is 0 Å². The van der Waals surface area contributed by atoms with Gasteiger partial charge in [-0.3, -0.25) is 14.5 Å². The van der Waals surface area contributed by atoms with E-state index in [0.29, 0.717) is 36.0 Å². The molecule has 2 fully saturated rings. The molecule has 1 aliphatic carbocycles. The van der Waals surface area contributed by atoms with Crippen molar-refractivity contribution in [2.45, 2.75) is 51.4 Å². The zero-order valence-corrected chi connectivity index (χ0v) is 22.1. The topological polar surface area (TPSA) is 64.7 Å². The lowest BCUT2D eigenvalue weighted by atomic mass is 9.85. The Labute approximate surface area is 228 Å². The molecular formula is C27H30ClF5N4O2. The number of piperazine rings is 1. The Morgan fingerprint density at radius 3 is 2.46 bits per heavy atom. The van der Waals surface area contributed by atoms with E-state index in [1.807, 2.05) is 11.8 Å². The van der Waals surface area contributed by atoms with E-state index in [1.165, 1.54) is 18.2 Å². The van der Waals surface area contributed by atoms with Crippen molar-refractivity contribution in [1.29, 1.82) is 0 Å². The van der Waals surface area contributed by atoms with Crippen LogP contribution in [0.4, 0.5) is 33.3 Å². The first-order chi connectivity index (χ1) is 18.4. The maximum atomic E-state index is 14.9. The van der Waals surface area contributed by atoms with Crippen LogP contribution in [0.5, 0.6) is 0 Å². The van der Waals surface area contributed by atoms with Gasteiger partial charge in [-0.1, -0.05) is 24.1 Å². The fraction of sp³-hybridized carbons (Fsp3) is 0.481. The maximum Gasteiger partial charge on any atom is 0.390 e. The molecule has 1 saturated heterocycles. The second kappa shape index (κ2) is 12.1. The van der Waals surface area contributed by atoms with Gasteiger partial charge in [0.15, 0.2) is 11.6 Å². The summed E-state index contributed by atoms with van der Waals surface area (Å²) in [5.41, 5.74) is 0.250. The van der Waals surface area contributed by atoms with Crippen LogP contribution in [0.2, 0.25) is 5.02 Å². The van der Waals surface area contributed by atoms with E-state index in [9.17, 15) is 31.5 Å². The molecule has 39 heavy (non-hydrogen) atoms. The number of amides is 2. The number of hydrogen-bond acceptors (Lipinski definition) is 4. The van der Waals surface area contributed by atoms with Crippen molar-refractivity contribution >= 4 is 34.8 Å². The number of nitrogens with one attached hydrogen (secondary N) is 2. The first kappa shape index (κ1) is 29.1. The van der Waals surface area contributed by atoms with Gasteiger partial charge in [-0.05, 0) is 44.0 Å². The quantitative estimate of drug-likeness (QED) is 0.396. The minimum atomic E-state index is -4.24. The lowest BCUT2D eigenvalue weighted by Gasteiger charge is -2.41. The Balaban J connectivity index is 1.44. The van der Waals surface area contributed by atoms with Crippen molar-refractivity contribution in [3.05, 3.63) is 58.1 Å². The molecule has 12 heteroatoms. The summed E-state index contributed by atoms with van der Waals surface area (Å²) >= 11 is 6.19. The highest BCUT2D eigenvalue weighted by Crippen LogP contribution is 2.32. The van der Waals surface area contributed by atoms with Crippen LogP contribution in [-0.4, -0.2) is 55.1 Å². The summed E-state index contributed by atoms with van der Waals surface area (Å²) in [6.07, 6.45) is -2.61. The van der Waals surface area contributed by atoms with Crippen molar-refractivity contribution in [3.63, 3.8) is 0 Å². The number of carbonyl (C=O) groups excluding carboxylic acids is 2. The van der Waals surface area contributed by atoms with Gasteiger partial charge >= 0.3 is 6.18 Å². The second-order valence-electron chi connectivity index (χ2n) is 10.1. The SMILES string of the molecule is C[C@@H]1CN(c2cc(Cl)ccc2NC(=O)c2ccc(CNC(=O)C3CCC3)c(F)c2F)CCN1CCC(F)(F)F. The van der Waals surface area contributed by atoms with E-state index in [1.54, 1.807) is 11.0 Å². The zero-order valence-electron chi connectivity index (χ0n) is 21.4. The van der Waals surface area contributed by atoms with Crippen LogP contribution in [0.3, 0.4) is 0 Å². The third-order valence-electron chi connectivity index (χ3n) is 7.33. The average molecular weight is 573 g/mol. The van der Waals surface area contributed by atoms with Crippen LogP contribution in [0, 0.1) is 17.6 Å². The maximum absolute atomic E-state index is 14.9. The van der Waals surface area contributed by atoms with Gasteiger partial charge in [0, 0.05) is 55.3 Å². The predicted molar refractivity (Wildman–Crippen MR) is 139 cm³/mol. The third kappa shape index (κ3) is 7.19. The van der Waals surface area contributed by atoms with Crippen LogP contribution in [0.1, 0.15) is 48.5 Å². The molecule has 0 bridgehead atoms. The summed E-state index contributed by atoms with van der Waals surface area (Å²) in [6, 6.07) is 6.91. The average Bonchev–Trinajstić information content (AvgIpc) is 2.83. The molecule has 0 spiro atoms. The van der Waals surface area contributed by atoms with Gasteiger partial charge in [0.1, 0.15) is 0 Å². The van der Waals surface area contributed by atoms with Gasteiger partial charge in [0.05, 0.1) is 23.4 Å². The van der Waals surface area contributed by atoms with E-state index in [4.69, 9.17) is 11.6 Å². The lowest BCUT2D eigenvalue weighted by molar-refractivity contribution is -0.139. The van der Waals surface area contributed by atoms with Crippen LogP contribution in [0.25, 0.3) is 0 Å². The molecule has 2 aromatic rings. The Bertz CT molecular complexity index is 1220. The first-order valence-electron chi connectivity index (χ1n) is 12.8. The normalized spacial score (nSPS) is 18.5. The molecule has 2 aromatic carbocycles. The van der Waals surface area contributed by atoms with Gasteiger partial charge in [-0.25, -0.2) is 8.78 Å². The van der Waals surface area contributed by atoms with Gasteiger partial charge in [0.2, 0.25) is 5.91 Å². The van der Waals surface area contributed by atoms with Crippen LogP contribution < -0.4 is 15.5 Å². The van der Waals surface area contributed by atoms with Crippen molar-refractivity contribution < 1.29 is 31.5 Å². The monoisotopic (exact) mass is 572 g/mol. The molecule has 0 radical (unpaired) electrons. The minimum Gasteiger partial charge on any atom is -0.367 e.